The molecule has 2 saturated carbocycles. The number of nitrogens with zero attached hydrogens (tertiary/aromatic N) is 4. The van der Waals surface area contributed by atoms with E-state index in [1.165, 1.54) is 19.4 Å². The Morgan fingerprint density at radius 1 is 1.18 bits per heavy atom. The zero-order valence-corrected chi connectivity index (χ0v) is 19.0. The van der Waals surface area contributed by atoms with Crippen molar-refractivity contribution in [2.45, 2.75) is 38.0 Å². The van der Waals surface area contributed by atoms with E-state index in [2.05, 4.69) is 25.7 Å². The first-order valence-electron chi connectivity index (χ1n) is 11.4. The SMILES string of the molecule is COc1c(Nc2cc(NC(=O)C3CC3)ncc2C(F)(F)C2CCC2)cccc1-c1ncn(C)n1. The number of ether oxygens (including phenoxy) is 1. The summed E-state index contributed by atoms with van der Waals surface area (Å²) in [6.07, 6.45) is 6.14. The second kappa shape index (κ2) is 8.66. The van der Waals surface area contributed by atoms with E-state index in [9.17, 15) is 4.79 Å². The van der Waals surface area contributed by atoms with E-state index < -0.39 is 11.8 Å². The summed E-state index contributed by atoms with van der Waals surface area (Å²) in [5, 5.41) is 10.2. The van der Waals surface area contributed by atoms with Gasteiger partial charge in [0, 0.05) is 31.1 Å². The molecule has 2 aromatic heterocycles. The summed E-state index contributed by atoms with van der Waals surface area (Å²) in [7, 11) is 3.26. The molecule has 5 rings (SSSR count). The third-order valence-corrected chi connectivity index (χ3v) is 6.41. The van der Waals surface area contributed by atoms with Gasteiger partial charge in [0.25, 0.3) is 5.92 Å². The van der Waals surface area contributed by atoms with Crippen LogP contribution in [0.15, 0.2) is 36.8 Å². The number of hydrogen-bond donors (Lipinski definition) is 2. The van der Waals surface area contributed by atoms with Gasteiger partial charge in [-0.2, -0.15) is 5.10 Å². The van der Waals surface area contributed by atoms with Crippen molar-refractivity contribution in [2.75, 3.05) is 17.7 Å². The maximum absolute atomic E-state index is 15.4. The molecule has 0 radical (unpaired) electrons. The van der Waals surface area contributed by atoms with Crippen molar-refractivity contribution in [3.05, 3.63) is 42.4 Å². The van der Waals surface area contributed by atoms with Crippen molar-refractivity contribution in [3.63, 3.8) is 0 Å². The Balaban J connectivity index is 1.54. The Hall–Kier alpha value is -3.56. The summed E-state index contributed by atoms with van der Waals surface area (Å²) >= 11 is 0. The number of alkyl halides is 2. The Labute approximate surface area is 195 Å². The minimum Gasteiger partial charge on any atom is -0.494 e. The number of carbonyl (C=O) groups is 1. The lowest BCUT2D eigenvalue weighted by Crippen LogP contribution is -2.32. The summed E-state index contributed by atoms with van der Waals surface area (Å²) in [5.41, 5.74) is 1.06. The number of pyridine rings is 1. The molecule has 2 aliphatic carbocycles. The molecule has 0 bridgehead atoms. The largest absolute Gasteiger partial charge is 0.494 e. The van der Waals surface area contributed by atoms with Crippen LogP contribution in [0, 0.1) is 11.8 Å². The normalized spacial score (nSPS) is 16.1. The molecule has 0 atom stereocenters. The first-order valence-corrected chi connectivity index (χ1v) is 11.4. The van der Waals surface area contributed by atoms with Crippen molar-refractivity contribution in [1.82, 2.24) is 19.7 Å². The van der Waals surface area contributed by atoms with E-state index in [1.54, 1.807) is 36.3 Å². The van der Waals surface area contributed by atoms with Gasteiger partial charge in [0.05, 0.1) is 29.6 Å². The first-order chi connectivity index (χ1) is 16.4. The molecule has 3 aromatic rings. The molecule has 10 heteroatoms. The number of methoxy groups -OCH3 is 1. The summed E-state index contributed by atoms with van der Waals surface area (Å²) < 4.78 is 38.0. The van der Waals surface area contributed by atoms with Crippen molar-refractivity contribution in [2.24, 2.45) is 18.9 Å². The van der Waals surface area contributed by atoms with Crippen LogP contribution in [0.5, 0.6) is 5.75 Å². The summed E-state index contributed by atoms with van der Waals surface area (Å²) in [6.45, 7) is 0. The van der Waals surface area contributed by atoms with Crippen LogP contribution >= 0.6 is 0 Å². The number of hydrogen-bond acceptors (Lipinski definition) is 6. The van der Waals surface area contributed by atoms with Gasteiger partial charge in [-0.3, -0.25) is 9.48 Å². The summed E-state index contributed by atoms with van der Waals surface area (Å²) in [5.74, 6) is -2.85. The van der Waals surface area contributed by atoms with E-state index in [0.29, 0.717) is 35.7 Å². The standard InChI is InChI=1S/C24H26F2N6O2/c1-32-13-28-22(31-32)16-7-4-8-18(21(16)34-2)29-19-11-20(30-23(33)14-9-10-14)27-12-17(19)24(25,26)15-5-3-6-15/h4,7-8,11-15H,3,5-6,9-10H2,1-2H3,(H2,27,29,30,33). The molecule has 0 spiro atoms. The number of amides is 1. The predicted molar refractivity (Wildman–Crippen MR) is 123 cm³/mol. The lowest BCUT2D eigenvalue weighted by atomic mass is 9.78. The third kappa shape index (κ3) is 4.20. The van der Waals surface area contributed by atoms with Crippen LogP contribution in [0.4, 0.5) is 26.0 Å². The molecule has 0 unspecified atom stereocenters. The van der Waals surface area contributed by atoms with Crippen molar-refractivity contribution in [1.29, 1.82) is 0 Å². The number of aromatic nitrogens is 4. The smallest absolute Gasteiger partial charge is 0.279 e. The molecule has 0 saturated heterocycles. The van der Waals surface area contributed by atoms with Gasteiger partial charge in [-0.15, -0.1) is 0 Å². The fourth-order valence-electron chi connectivity index (χ4n) is 4.10. The molecule has 0 aliphatic heterocycles. The van der Waals surface area contributed by atoms with Gasteiger partial charge >= 0.3 is 0 Å². The Morgan fingerprint density at radius 3 is 2.59 bits per heavy atom. The van der Waals surface area contributed by atoms with E-state index in [0.717, 1.165) is 19.3 Å². The zero-order chi connectivity index (χ0) is 23.9. The maximum Gasteiger partial charge on any atom is 0.279 e. The van der Waals surface area contributed by atoms with E-state index in [-0.39, 0.29) is 28.9 Å². The molecule has 2 heterocycles. The number of para-hydroxylation sites is 1. The molecule has 1 aromatic carbocycles. The highest BCUT2D eigenvalue weighted by molar-refractivity contribution is 5.93. The second-order valence-electron chi connectivity index (χ2n) is 8.88. The lowest BCUT2D eigenvalue weighted by Gasteiger charge is -2.34. The van der Waals surface area contributed by atoms with Crippen molar-refractivity contribution < 1.29 is 18.3 Å². The van der Waals surface area contributed by atoms with Crippen LogP contribution in [0.1, 0.15) is 37.7 Å². The molecule has 2 N–H and O–H groups in total. The highest BCUT2D eigenvalue weighted by Crippen LogP contribution is 2.49. The zero-order valence-electron chi connectivity index (χ0n) is 19.0. The second-order valence-corrected chi connectivity index (χ2v) is 8.88. The molecular formula is C24H26F2N6O2. The topological polar surface area (TPSA) is 94.0 Å². The minimum atomic E-state index is -3.06. The molecule has 2 aliphatic rings. The van der Waals surface area contributed by atoms with Gasteiger partial charge in [0.1, 0.15) is 12.1 Å². The van der Waals surface area contributed by atoms with Gasteiger partial charge in [-0.1, -0.05) is 12.5 Å². The minimum absolute atomic E-state index is 0.0306. The van der Waals surface area contributed by atoms with Crippen molar-refractivity contribution in [3.8, 4) is 17.1 Å². The van der Waals surface area contributed by atoms with Crippen LogP contribution < -0.4 is 15.4 Å². The van der Waals surface area contributed by atoms with Gasteiger partial charge in [-0.25, -0.2) is 18.7 Å². The molecule has 2 fully saturated rings. The lowest BCUT2D eigenvalue weighted by molar-refractivity contribution is -0.117. The predicted octanol–water partition coefficient (Wildman–Crippen LogP) is 4.87. The molecule has 8 nitrogen and oxygen atoms in total. The number of benzene rings is 1. The van der Waals surface area contributed by atoms with Gasteiger partial charge in [0.15, 0.2) is 11.6 Å². The van der Waals surface area contributed by atoms with Crippen LogP contribution in [0.25, 0.3) is 11.4 Å². The van der Waals surface area contributed by atoms with Gasteiger partial charge in [-0.05, 0) is 37.8 Å². The van der Waals surface area contributed by atoms with E-state index >= 15 is 8.78 Å². The first kappa shape index (κ1) is 22.2. The van der Waals surface area contributed by atoms with Gasteiger partial charge < -0.3 is 15.4 Å². The van der Waals surface area contributed by atoms with Crippen LogP contribution in [-0.4, -0.2) is 32.8 Å². The number of anilines is 3. The van der Waals surface area contributed by atoms with Crippen LogP contribution in [0.3, 0.4) is 0 Å². The highest BCUT2D eigenvalue weighted by atomic mass is 19.3. The number of halogens is 2. The Kier molecular flexibility index (Phi) is 5.66. The van der Waals surface area contributed by atoms with Crippen molar-refractivity contribution >= 4 is 23.1 Å². The monoisotopic (exact) mass is 468 g/mol. The highest BCUT2D eigenvalue weighted by Gasteiger charge is 2.46. The van der Waals surface area contributed by atoms with Gasteiger partial charge in [0.2, 0.25) is 5.91 Å². The maximum atomic E-state index is 15.4. The fourth-order valence-corrected chi connectivity index (χ4v) is 4.10. The number of carbonyl (C=O) groups excluding carboxylic acids is 1. The number of aryl methyl sites for hydroxylation is 1. The number of rotatable bonds is 8. The van der Waals surface area contributed by atoms with Crippen LogP contribution in [0.2, 0.25) is 0 Å². The molecule has 34 heavy (non-hydrogen) atoms. The number of nitrogens with one attached hydrogen (secondary N) is 2. The molecular weight excluding hydrogens is 442 g/mol. The summed E-state index contributed by atoms with van der Waals surface area (Å²) in [4.78, 5) is 20.7. The quantitative estimate of drug-likeness (QED) is 0.490. The molecule has 1 amide bonds. The van der Waals surface area contributed by atoms with E-state index in [4.69, 9.17) is 4.74 Å². The Bertz CT molecular complexity index is 1220. The van der Waals surface area contributed by atoms with Crippen LogP contribution in [-0.2, 0) is 17.8 Å². The Morgan fingerprint density at radius 2 is 1.97 bits per heavy atom. The average molecular weight is 469 g/mol. The summed E-state index contributed by atoms with van der Waals surface area (Å²) in [6, 6.07) is 6.78. The van der Waals surface area contributed by atoms with E-state index in [1.807, 2.05) is 0 Å². The average Bonchev–Trinajstić information content (AvgIpc) is 3.53. The fraction of sp³-hybridized carbons (Fsp3) is 0.417. The third-order valence-electron chi connectivity index (χ3n) is 6.41. The molecule has 178 valence electrons.